The van der Waals surface area contributed by atoms with E-state index in [9.17, 15) is 0 Å². The van der Waals surface area contributed by atoms with Gasteiger partial charge in [0.1, 0.15) is 0 Å². The van der Waals surface area contributed by atoms with Gasteiger partial charge in [-0.2, -0.15) is 4.68 Å². The van der Waals surface area contributed by atoms with E-state index in [1.54, 1.807) is 6.92 Å². The van der Waals surface area contributed by atoms with Crippen LogP contribution in [0.15, 0.2) is 35.5 Å². The molecule has 0 saturated heterocycles. The summed E-state index contributed by atoms with van der Waals surface area (Å²) in [6, 6.07) is 9.21. The number of aromatic nitrogens is 4. The van der Waals surface area contributed by atoms with E-state index >= 15 is 0 Å². The van der Waals surface area contributed by atoms with Crippen molar-refractivity contribution in [2.24, 2.45) is 5.16 Å². The first-order chi connectivity index (χ1) is 7.33. The molecule has 0 amide bonds. The maximum absolute atomic E-state index is 8.95. The van der Waals surface area contributed by atoms with Crippen LogP contribution in [-0.4, -0.2) is 31.3 Å². The molecule has 0 fully saturated rings. The van der Waals surface area contributed by atoms with Gasteiger partial charge in [-0.3, -0.25) is 0 Å². The molecule has 0 unspecified atom stereocenters. The molecule has 0 aliphatic heterocycles. The second-order valence-electron chi connectivity index (χ2n) is 2.93. The van der Waals surface area contributed by atoms with Crippen LogP contribution in [0.1, 0.15) is 11.4 Å². The van der Waals surface area contributed by atoms with Gasteiger partial charge in [-0.15, -0.1) is 5.10 Å². The van der Waals surface area contributed by atoms with Crippen molar-refractivity contribution >= 4 is 5.84 Å². The molecular formula is C9H9N5O. The average molecular weight is 203 g/mol. The molecule has 1 aromatic heterocycles. The Labute approximate surface area is 85.8 Å². The van der Waals surface area contributed by atoms with Crippen molar-refractivity contribution in [1.82, 2.24) is 20.2 Å². The molecule has 0 atom stereocenters. The highest BCUT2D eigenvalue weighted by molar-refractivity contribution is 5.99. The summed E-state index contributed by atoms with van der Waals surface area (Å²) in [5, 5.41) is 23.1. The van der Waals surface area contributed by atoms with Gasteiger partial charge in [-0.05, 0) is 17.4 Å². The lowest BCUT2D eigenvalue weighted by Gasteiger charge is -2.03. The van der Waals surface area contributed by atoms with Gasteiger partial charge in [0, 0.05) is 5.56 Å². The topological polar surface area (TPSA) is 76.2 Å². The molecule has 0 aliphatic rings. The van der Waals surface area contributed by atoms with Crippen molar-refractivity contribution in [3.05, 3.63) is 41.7 Å². The van der Waals surface area contributed by atoms with E-state index in [1.807, 2.05) is 30.3 Å². The largest absolute Gasteiger partial charge is 0.409 e. The van der Waals surface area contributed by atoms with E-state index in [4.69, 9.17) is 5.21 Å². The monoisotopic (exact) mass is 203 g/mol. The molecule has 1 aromatic carbocycles. The zero-order chi connectivity index (χ0) is 10.7. The fourth-order valence-corrected chi connectivity index (χ4v) is 1.24. The molecule has 1 N–H and O–H groups in total. The minimum Gasteiger partial charge on any atom is -0.409 e. The molecule has 6 nitrogen and oxygen atoms in total. The quantitative estimate of drug-likeness (QED) is 0.320. The minimum atomic E-state index is 0.304. The number of oxime groups is 1. The fraction of sp³-hybridized carbons (Fsp3) is 0.111. The van der Waals surface area contributed by atoms with Crippen molar-refractivity contribution in [2.45, 2.75) is 6.92 Å². The van der Waals surface area contributed by atoms with Gasteiger partial charge < -0.3 is 5.21 Å². The van der Waals surface area contributed by atoms with Crippen molar-refractivity contribution in [1.29, 1.82) is 0 Å². The second kappa shape index (κ2) is 3.87. The van der Waals surface area contributed by atoms with E-state index in [0.717, 1.165) is 5.56 Å². The number of hydrogen-bond acceptors (Lipinski definition) is 5. The lowest BCUT2D eigenvalue weighted by Crippen LogP contribution is -2.16. The predicted molar refractivity (Wildman–Crippen MR) is 52.7 cm³/mol. The Morgan fingerprint density at radius 1 is 1.33 bits per heavy atom. The molecule has 1 heterocycles. The third kappa shape index (κ3) is 1.69. The summed E-state index contributed by atoms with van der Waals surface area (Å²) in [4.78, 5) is 0. The van der Waals surface area contributed by atoms with E-state index in [-0.39, 0.29) is 0 Å². The van der Waals surface area contributed by atoms with Crippen molar-refractivity contribution in [2.75, 3.05) is 0 Å². The maximum atomic E-state index is 8.95. The molecule has 15 heavy (non-hydrogen) atoms. The Balaban J connectivity index is 2.48. The lowest BCUT2D eigenvalue weighted by atomic mass is 10.2. The standard InChI is InChI=1S/C9H9N5O/c1-7-10-12-13-14(7)9(11-15)8-5-3-2-4-6-8/h2-6,15H,1H3. The van der Waals surface area contributed by atoms with Gasteiger partial charge in [0.05, 0.1) is 0 Å². The minimum absolute atomic E-state index is 0.304. The first-order valence-electron chi connectivity index (χ1n) is 4.36. The van der Waals surface area contributed by atoms with E-state index < -0.39 is 0 Å². The van der Waals surface area contributed by atoms with Crippen LogP contribution in [0.4, 0.5) is 0 Å². The third-order valence-electron chi connectivity index (χ3n) is 1.95. The van der Waals surface area contributed by atoms with Gasteiger partial charge >= 0.3 is 0 Å². The maximum Gasteiger partial charge on any atom is 0.203 e. The molecule has 0 saturated carbocycles. The highest BCUT2D eigenvalue weighted by Gasteiger charge is 2.10. The Morgan fingerprint density at radius 2 is 2.07 bits per heavy atom. The van der Waals surface area contributed by atoms with Crippen molar-refractivity contribution in [3.63, 3.8) is 0 Å². The van der Waals surface area contributed by atoms with Crippen LogP contribution in [0.2, 0.25) is 0 Å². The molecule has 6 heteroatoms. The van der Waals surface area contributed by atoms with Crippen LogP contribution in [0.3, 0.4) is 0 Å². The van der Waals surface area contributed by atoms with Gasteiger partial charge in [-0.1, -0.05) is 35.5 Å². The predicted octanol–water partition coefficient (Wildman–Crippen LogP) is 0.666. The molecule has 0 radical (unpaired) electrons. The van der Waals surface area contributed by atoms with Gasteiger partial charge in [-0.25, -0.2) is 0 Å². The molecule has 0 bridgehead atoms. The van der Waals surface area contributed by atoms with Gasteiger partial charge in [0.25, 0.3) is 0 Å². The first kappa shape index (κ1) is 9.32. The average Bonchev–Trinajstić information content (AvgIpc) is 2.68. The Bertz CT molecular complexity index is 476. The molecule has 2 rings (SSSR count). The lowest BCUT2D eigenvalue weighted by molar-refractivity contribution is 0.316. The van der Waals surface area contributed by atoms with Crippen LogP contribution in [0.25, 0.3) is 0 Å². The van der Waals surface area contributed by atoms with Gasteiger partial charge in [0.2, 0.25) is 5.84 Å². The molecule has 2 aromatic rings. The normalized spacial score (nSPS) is 11.7. The molecule has 0 aliphatic carbocycles. The zero-order valence-corrected chi connectivity index (χ0v) is 8.07. The summed E-state index contributed by atoms with van der Waals surface area (Å²) in [7, 11) is 0. The highest BCUT2D eigenvalue weighted by Crippen LogP contribution is 2.03. The van der Waals surface area contributed by atoms with Crippen LogP contribution >= 0.6 is 0 Å². The summed E-state index contributed by atoms with van der Waals surface area (Å²) in [5.74, 6) is 0.866. The third-order valence-corrected chi connectivity index (χ3v) is 1.95. The van der Waals surface area contributed by atoms with E-state index in [2.05, 4.69) is 20.7 Å². The zero-order valence-electron chi connectivity index (χ0n) is 8.07. The van der Waals surface area contributed by atoms with Crippen LogP contribution < -0.4 is 0 Å². The summed E-state index contributed by atoms with van der Waals surface area (Å²) < 4.78 is 1.37. The van der Waals surface area contributed by atoms with Crippen LogP contribution in [0, 0.1) is 6.92 Å². The van der Waals surface area contributed by atoms with Crippen molar-refractivity contribution < 1.29 is 5.21 Å². The fourth-order valence-electron chi connectivity index (χ4n) is 1.24. The smallest absolute Gasteiger partial charge is 0.203 e. The number of tetrazole rings is 1. The van der Waals surface area contributed by atoms with E-state index in [0.29, 0.717) is 11.7 Å². The number of nitrogens with zero attached hydrogens (tertiary/aromatic N) is 5. The summed E-state index contributed by atoms with van der Waals surface area (Å²) >= 11 is 0. The summed E-state index contributed by atoms with van der Waals surface area (Å²) in [5.41, 5.74) is 0.746. The highest BCUT2D eigenvalue weighted by atomic mass is 16.4. The summed E-state index contributed by atoms with van der Waals surface area (Å²) in [6.07, 6.45) is 0. The molecule has 0 spiro atoms. The van der Waals surface area contributed by atoms with Gasteiger partial charge in [0.15, 0.2) is 5.82 Å². The summed E-state index contributed by atoms with van der Waals surface area (Å²) in [6.45, 7) is 1.73. The van der Waals surface area contributed by atoms with Crippen LogP contribution in [-0.2, 0) is 0 Å². The number of hydrogen-bond donors (Lipinski definition) is 1. The second-order valence-corrected chi connectivity index (χ2v) is 2.93. The number of aryl methyl sites for hydroxylation is 1. The van der Waals surface area contributed by atoms with E-state index in [1.165, 1.54) is 4.68 Å². The Morgan fingerprint density at radius 3 is 2.60 bits per heavy atom. The first-order valence-corrected chi connectivity index (χ1v) is 4.36. The Hall–Kier alpha value is -2.24. The number of rotatable bonds is 1. The molecule has 76 valence electrons. The van der Waals surface area contributed by atoms with Crippen LogP contribution in [0.5, 0.6) is 0 Å². The Kier molecular flexibility index (Phi) is 2.40. The number of benzene rings is 1. The SMILES string of the molecule is Cc1nnnn1C(=NO)c1ccccc1. The van der Waals surface area contributed by atoms with Crippen molar-refractivity contribution in [3.8, 4) is 0 Å². The molecular weight excluding hydrogens is 194 g/mol.